The molecule has 140 valence electrons. The number of carbonyl (C=O) groups excluding carboxylic acids is 1. The lowest BCUT2D eigenvalue weighted by Crippen LogP contribution is -2.43. The largest absolute Gasteiger partial charge is 0.395 e. The molecule has 1 unspecified atom stereocenters. The Hall–Kier alpha value is -1.67. The Kier molecular flexibility index (Phi) is 5.40. The molecule has 0 bridgehead atoms. The summed E-state index contributed by atoms with van der Waals surface area (Å²) in [7, 11) is 0. The van der Waals surface area contributed by atoms with Crippen LogP contribution in [0.3, 0.4) is 0 Å². The van der Waals surface area contributed by atoms with E-state index in [-0.39, 0.29) is 18.6 Å². The summed E-state index contributed by atoms with van der Waals surface area (Å²) in [5.74, 6) is 0.130. The second-order valence-corrected chi connectivity index (χ2v) is 8.03. The highest BCUT2D eigenvalue weighted by molar-refractivity contribution is 7.20. The topological polar surface area (TPSA) is 67.8 Å². The van der Waals surface area contributed by atoms with Crippen LogP contribution in [0, 0.1) is 0 Å². The van der Waals surface area contributed by atoms with Crippen molar-refractivity contribution in [3.05, 3.63) is 29.1 Å². The summed E-state index contributed by atoms with van der Waals surface area (Å²) in [6, 6.07) is 8.73. The number of piperazine rings is 1. The summed E-state index contributed by atoms with van der Waals surface area (Å²) in [5, 5.41) is 16.8. The first-order chi connectivity index (χ1) is 12.8. The Morgan fingerprint density at radius 1 is 1.31 bits per heavy atom. The smallest absolute Gasteiger partial charge is 0.264 e. The molecule has 3 heterocycles. The Bertz CT molecular complexity index is 772. The number of thiophene rings is 1. The maximum absolute atomic E-state index is 13.0. The molecule has 2 fully saturated rings. The standard InChI is InChI=1S/C19H26N4O2S/c24-11-7-21-14-4-8-23(13-14)19(25)18-12-15-16(2-1-3-17(15)26-18)22-9-5-20-6-10-22/h1-3,12,14,20-21,24H,4-11,13H2. The first-order valence-corrected chi connectivity index (χ1v) is 10.2. The molecule has 1 aromatic carbocycles. The van der Waals surface area contributed by atoms with Gasteiger partial charge in [0.2, 0.25) is 0 Å². The number of carbonyl (C=O) groups is 1. The number of aliphatic hydroxyl groups is 1. The van der Waals surface area contributed by atoms with Crippen LogP contribution in [-0.2, 0) is 0 Å². The molecule has 0 radical (unpaired) electrons. The number of hydrogen-bond acceptors (Lipinski definition) is 6. The zero-order valence-corrected chi connectivity index (χ0v) is 15.7. The lowest BCUT2D eigenvalue weighted by atomic mass is 10.1. The highest BCUT2D eigenvalue weighted by atomic mass is 32.1. The van der Waals surface area contributed by atoms with Gasteiger partial charge in [-0.05, 0) is 24.6 Å². The monoisotopic (exact) mass is 374 g/mol. The minimum Gasteiger partial charge on any atom is -0.395 e. The molecular formula is C19H26N4O2S. The summed E-state index contributed by atoms with van der Waals surface area (Å²) in [4.78, 5) is 18.1. The molecule has 0 aliphatic carbocycles. The number of benzene rings is 1. The first-order valence-electron chi connectivity index (χ1n) is 9.38. The normalized spacial score (nSPS) is 20.9. The number of hydrogen-bond donors (Lipinski definition) is 3. The SMILES string of the molecule is O=C(c1cc2c(N3CCNCC3)cccc2s1)N1CCC(NCCO)C1. The van der Waals surface area contributed by atoms with Gasteiger partial charge in [0.05, 0.1) is 11.5 Å². The van der Waals surface area contributed by atoms with Crippen LogP contribution in [0.25, 0.3) is 10.1 Å². The summed E-state index contributed by atoms with van der Waals surface area (Å²) in [5.41, 5.74) is 1.24. The number of nitrogens with zero attached hydrogens (tertiary/aromatic N) is 2. The van der Waals surface area contributed by atoms with Crippen LogP contribution in [-0.4, -0.2) is 74.4 Å². The molecular weight excluding hydrogens is 348 g/mol. The van der Waals surface area contributed by atoms with Crippen LogP contribution >= 0.6 is 11.3 Å². The van der Waals surface area contributed by atoms with Gasteiger partial charge in [0.15, 0.2) is 0 Å². The quantitative estimate of drug-likeness (QED) is 0.732. The van der Waals surface area contributed by atoms with Crippen molar-refractivity contribution in [2.75, 3.05) is 57.3 Å². The Morgan fingerprint density at radius 2 is 2.15 bits per heavy atom. The predicted octanol–water partition coefficient (Wildman–Crippen LogP) is 1.11. The van der Waals surface area contributed by atoms with Crippen molar-refractivity contribution >= 4 is 33.0 Å². The highest BCUT2D eigenvalue weighted by Gasteiger charge is 2.28. The van der Waals surface area contributed by atoms with Gasteiger partial charge in [0.25, 0.3) is 5.91 Å². The van der Waals surface area contributed by atoms with Crippen molar-refractivity contribution in [3.8, 4) is 0 Å². The van der Waals surface area contributed by atoms with Crippen LogP contribution in [0.2, 0.25) is 0 Å². The molecule has 4 rings (SSSR count). The molecule has 1 amide bonds. The maximum atomic E-state index is 13.0. The highest BCUT2D eigenvalue weighted by Crippen LogP contribution is 2.34. The lowest BCUT2D eigenvalue weighted by molar-refractivity contribution is 0.0794. The van der Waals surface area contributed by atoms with Gasteiger partial charge < -0.3 is 25.5 Å². The number of amides is 1. The van der Waals surface area contributed by atoms with Gasteiger partial charge in [-0.2, -0.15) is 0 Å². The van der Waals surface area contributed by atoms with Gasteiger partial charge >= 0.3 is 0 Å². The van der Waals surface area contributed by atoms with Crippen molar-refractivity contribution in [2.45, 2.75) is 12.5 Å². The maximum Gasteiger partial charge on any atom is 0.264 e. The number of likely N-dealkylation sites (tertiary alicyclic amines) is 1. The molecule has 7 heteroatoms. The molecule has 1 atom stereocenters. The number of fused-ring (bicyclic) bond motifs is 1. The summed E-state index contributed by atoms with van der Waals surface area (Å²) in [6.07, 6.45) is 0.947. The van der Waals surface area contributed by atoms with Crippen molar-refractivity contribution in [1.82, 2.24) is 15.5 Å². The molecule has 6 nitrogen and oxygen atoms in total. The van der Waals surface area contributed by atoms with E-state index in [2.05, 4.69) is 39.8 Å². The Labute approximate surface area is 157 Å². The third-order valence-electron chi connectivity index (χ3n) is 5.23. The van der Waals surface area contributed by atoms with E-state index in [1.54, 1.807) is 11.3 Å². The number of aliphatic hydroxyl groups excluding tert-OH is 1. The molecule has 2 aromatic rings. The van der Waals surface area contributed by atoms with Crippen LogP contribution in [0.1, 0.15) is 16.1 Å². The van der Waals surface area contributed by atoms with Gasteiger partial charge in [-0.25, -0.2) is 0 Å². The van der Waals surface area contributed by atoms with E-state index in [0.717, 1.165) is 50.6 Å². The van der Waals surface area contributed by atoms with E-state index in [0.29, 0.717) is 6.54 Å². The molecule has 3 N–H and O–H groups in total. The Morgan fingerprint density at radius 3 is 2.96 bits per heavy atom. The van der Waals surface area contributed by atoms with Crippen LogP contribution in [0.15, 0.2) is 24.3 Å². The van der Waals surface area contributed by atoms with Crippen molar-refractivity contribution < 1.29 is 9.90 Å². The number of anilines is 1. The average molecular weight is 375 g/mol. The van der Waals surface area contributed by atoms with Crippen molar-refractivity contribution in [3.63, 3.8) is 0 Å². The predicted molar refractivity (Wildman–Crippen MR) is 106 cm³/mol. The molecule has 2 saturated heterocycles. The summed E-state index contributed by atoms with van der Waals surface area (Å²) in [6.45, 7) is 6.23. The zero-order valence-electron chi connectivity index (χ0n) is 14.9. The molecule has 0 spiro atoms. The van der Waals surface area contributed by atoms with E-state index >= 15 is 0 Å². The van der Waals surface area contributed by atoms with E-state index in [1.807, 2.05) is 4.90 Å². The first kappa shape index (κ1) is 17.7. The van der Waals surface area contributed by atoms with Crippen LogP contribution < -0.4 is 15.5 Å². The van der Waals surface area contributed by atoms with Gasteiger partial charge in [0.1, 0.15) is 0 Å². The summed E-state index contributed by atoms with van der Waals surface area (Å²) >= 11 is 1.60. The fraction of sp³-hybridized carbons (Fsp3) is 0.526. The third-order valence-corrected chi connectivity index (χ3v) is 6.32. The lowest BCUT2D eigenvalue weighted by Gasteiger charge is -2.30. The second-order valence-electron chi connectivity index (χ2n) is 6.95. The van der Waals surface area contributed by atoms with Crippen molar-refractivity contribution in [2.24, 2.45) is 0 Å². The molecule has 26 heavy (non-hydrogen) atoms. The molecule has 1 aromatic heterocycles. The van der Waals surface area contributed by atoms with Crippen LogP contribution in [0.5, 0.6) is 0 Å². The van der Waals surface area contributed by atoms with Gasteiger partial charge in [-0.1, -0.05) is 6.07 Å². The molecule has 2 aliphatic rings. The van der Waals surface area contributed by atoms with E-state index in [1.165, 1.54) is 15.8 Å². The Balaban J connectivity index is 1.53. The average Bonchev–Trinajstić information content (AvgIpc) is 3.33. The fourth-order valence-corrected chi connectivity index (χ4v) is 4.92. The molecule has 0 saturated carbocycles. The van der Waals surface area contributed by atoms with E-state index in [9.17, 15) is 4.79 Å². The fourth-order valence-electron chi connectivity index (χ4n) is 3.87. The molecule has 2 aliphatic heterocycles. The van der Waals surface area contributed by atoms with Gasteiger partial charge in [-0.3, -0.25) is 4.79 Å². The van der Waals surface area contributed by atoms with Crippen LogP contribution in [0.4, 0.5) is 5.69 Å². The second kappa shape index (κ2) is 7.92. The van der Waals surface area contributed by atoms with E-state index in [4.69, 9.17) is 5.11 Å². The third kappa shape index (κ3) is 3.57. The van der Waals surface area contributed by atoms with E-state index < -0.39 is 0 Å². The number of nitrogens with one attached hydrogen (secondary N) is 2. The van der Waals surface area contributed by atoms with Gasteiger partial charge in [0, 0.05) is 67.6 Å². The van der Waals surface area contributed by atoms with Crippen molar-refractivity contribution in [1.29, 1.82) is 0 Å². The zero-order chi connectivity index (χ0) is 17.9. The minimum absolute atomic E-state index is 0.130. The van der Waals surface area contributed by atoms with Gasteiger partial charge in [-0.15, -0.1) is 11.3 Å². The summed E-state index contributed by atoms with van der Waals surface area (Å²) < 4.78 is 1.18. The minimum atomic E-state index is 0.130. The number of rotatable bonds is 5.